The van der Waals surface area contributed by atoms with Crippen LogP contribution in [0.4, 0.5) is 0 Å². The van der Waals surface area contributed by atoms with Crippen LogP contribution in [0.15, 0.2) is 12.1 Å². The highest BCUT2D eigenvalue weighted by Gasteiger charge is 2.21. The monoisotopic (exact) mass is 301 g/mol. The van der Waals surface area contributed by atoms with Gasteiger partial charge >= 0.3 is 0 Å². The summed E-state index contributed by atoms with van der Waals surface area (Å²) in [5.74, 6) is 0.207. The lowest BCUT2D eigenvalue weighted by molar-refractivity contribution is -0.133. The Hall–Kier alpha value is -0.620. The van der Waals surface area contributed by atoms with Crippen LogP contribution >= 0.6 is 22.9 Å². The maximum atomic E-state index is 12.2. The number of rotatable bonds is 4. The maximum Gasteiger partial charge on any atom is 0.236 e. The van der Waals surface area contributed by atoms with Crippen molar-refractivity contribution in [3.05, 3.63) is 21.3 Å². The highest BCUT2D eigenvalue weighted by molar-refractivity contribution is 7.16. The summed E-state index contributed by atoms with van der Waals surface area (Å²) in [5, 5.41) is 3.25. The van der Waals surface area contributed by atoms with Crippen molar-refractivity contribution in [1.29, 1.82) is 0 Å². The highest BCUT2D eigenvalue weighted by atomic mass is 35.5. The minimum absolute atomic E-state index is 0.207. The number of nitrogens with zero attached hydrogens (tertiary/aromatic N) is 2. The normalized spacial score (nSPS) is 17.8. The molecule has 1 unspecified atom stereocenters. The molecule has 6 heteroatoms. The van der Waals surface area contributed by atoms with E-state index in [1.807, 2.05) is 24.1 Å². The van der Waals surface area contributed by atoms with Crippen molar-refractivity contribution in [2.45, 2.75) is 13.0 Å². The van der Waals surface area contributed by atoms with Crippen LogP contribution in [-0.2, 0) is 4.79 Å². The summed E-state index contributed by atoms with van der Waals surface area (Å²) in [6.07, 6.45) is 0. The average molecular weight is 302 g/mol. The minimum Gasteiger partial charge on any atom is -0.339 e. The van der Waals surface area contributed by atoms with Gasteiger partial charge in [-0.05, 0) is 26.1 Å². The van der Waals surface area contributed by atoms with E-state index in [0.717, 1.165) is 30.5 Å². The molecule has 1 atom stereocenters. The molecule has 1 saturated heterocycles. The molecule has 2 rings (SSSR count). The third kappa shape index (κ3) is 3.92. The van der Waals surface area contributed by atoms with Gasteiger partial charge < -0.3 is 10.2 Å². The number of hydrogen-bond donors (Lipinski definition) is 1. The summed E-state index contributed by atoms with van der Waals surface area (Å²) in [6, 6.07) is 4.15. The Balaban J connectivity index is 1.89. The lowest BCUT2D eigenvalue weighted by Crippen LogP contribution is -2.49. The molecule has 0 radical (unpaired) electrons. The van der Waals surface area contributed by atoms with Crippen molar-refractivity contribution in [2.75, 3.05) is 39.8 Å². The zero-order chi connectivity index (χ0) is 13.8. The van der Waals surface area contributed by atoms with Crippen molar-refractivity contribution in [3.63, 3.8) is 0 Å². The van der Waals surface area contributed by atoms with Gasteiger partial charge in [-0.25, -0.2) is 0 Å². The van der Waals surface area contributed by atoms with E-state index in [2.05, 4.69) is 17.1 Å². The maximum absolute atomic E-state index is 12.2. The van der Waals surface area contributed by atoms with Crippen LogP contribution < -0.4 is 5.32 Å². The number of hydrogen-bond acceptors (Lipinski definition) is 4. The first-order valence-electron chi connectivity index (χ1n) is 6.52. The molecular formula is C13H20ClN3OS. The van der Waals surface area contributed by atoms with E-state index >= 15 is 0 Å². The molecule has 1 aromatic rings. The zero-order valence-corrected chi connectivity index (χ0v) is 12.9. The average Bonchev–Trinajstić information content (AvgIpc) is 2.85. The molecule has 1 N–H and O–H groups in total. The standard InChI is InChI=1S/C13H20ClN3OS/c1-10(11-3-4-12(14)19-11)16(2)9-13(18)17-7-5-15-6-8-17/h3-4,10,15H,5-9H2,1-2H3. The second kappa shape index (κ2) is 6.70. The third-order valence-electron chi connectivity index (χ3n) is 3.52. The Morgan fingerprint density at radius 2 is 2.21 bits per heavy atom. The Morgan fingerprint density at radius 3 is 2.79 bits per heavy atom. The van der Waals surface area contributed by atoms with E-state index in [1.165, 1.54) is 4.88 Å². The van der Waals surface area contributed by atoms with Crippen LogP contribution in [0.2, 0.25) is 4.34 Å². The minimum atomic E-state index is 0.207. The smallest absolute Gasteiger partial charge is 0.236 e. The van der Waals surface area contributed by atoms with Crippen LogP contribution in [0.5, 0.6) is 0 Å². The summed E-state index contributed by atoms with van der Waals surface area (Å²) >= 11 is 7.53. The quantitative estimate of drug-likeness (QED) is 0.921. The Bertz CT molecular complexity index is 431. The van der Waals surface area contributed by atoms with E-state index in [0.29, 0.717) is 6.54 Å². The second-order valence-electron chi connectivity index (χ2n) is 4.86. The SMILES string of the molecule is CC(c1ccc(Cl)s1)N(C)CC(=O)N1CCNCC1. The fourth-order valence-electron chi connectivity index (χ4n) is 2.13. The van der Waals surface area contributed by atoms with Gasteiger partial charge in [0.1, 0.15) is 0 Å². The number of carbonyl (C=O) groups is 1. The summed E-state index contributed by atoms with van der Waals surface area (Å²) in [7, 11) is 1.98. The largest absolute Gasteiger partial charge is 0.339 e. The van der Waals surface area contributed by atoms with Crippen LogP contribution in [0, 0.1) is 0 Å². The number of halogens is 1. The predicted molar refractivity (Wildman–Crippen MR) is 79.8 cm³/mol. The zero-order valence-electron chi connectivity index (χ0n) is 11.4. The summed E-state index contributed by atoms with van der Waals surface area (Å²) in [5.41, 5.74) is 0. The first-order valence-corrected chi connectivity index (χ1v) is 7.71. The summed E-state index contributed by atoms with van der Waals surface area (Å²) in [6.45, 7) is 5.97. The molecule has 0 spiro atoms. The molecule has 1 aromatic heterocycles. The molecule has 1 aliphatic rings. The van der Waals surface area contributed by atoms with E-state index in [9.17, 15) is 4.79 Å². The van der Waals surface area contributed by atoms with E-state index in [4.69, 9.17) is 11.6 Å². The first kappa shape index (κ1) is 14.8. The van der Waals surface area contributed by atoms with E-state index < -0.39 is 0 Å². The van der Waals surface area contributed by atoms with E-state index in [-0.39, 0.29) is 11.9 Å². The van der Waals surface area contributed by atoms with Crippen molar-refractivity contribution in [3.8, 4) is 0 Å². The molecule has 106 valence electrons. The molecule has 0 aliphatic carbocycles. The van der Waals surface area contributed by atoms with Crippen LogP contribution in [0.1, 0.15) is 17.8 Å². The van der Waals surface area contributed by atoms with Crippen LogP contribution in [-0.4, -0.2) is 55.5 Å². The molecular weight excluding hydrogens is 282 g/mol. The number of amides is 1. The predicted octanol–water partition coefficient (Wildman–Crippen LogP) is 1.83. The van der Waals surface area contributed by atoms with Gasteiger partial charge in [-0.2, -0.15) is 0 Å². The van der Waals surface area contributed by atoms with Gasteiger partial charge in [0.2, 0.25) is 5.91 Å². The van der Waals surface area contributed by atoms with Gasteiger partial charge in [0.25, 0.3) is 0 Å². The Labute approximate surface area is 123 Å². The van der Waals surface area contributed by atoms with Gasteiger partial charge in [0.15, 0.2) is 0 Å². The fourth-order valence-corrected chi connectivity index (χ4v) is 3.31. The summed E-state index contributed by atoms with van der Waals surface area (Å²) in [4.78, 5) is 17.4. The molecule has 0 saturated carbocycles. The Morgan fingerprint density at radius 1 is 1.53 bits per heavy atom. The van der Waals surface area contributed by atoms with Crippen molar-refractivity contribution >= 4 is 28.8 Å². The first-order chi connectivity index (χ1) is 9.08. The fraction of sp³-hybridized carbons (Fsp3) is 0.615. The summed E-state index contributed by atoms with van der Waals surface area (Å²) < 4.78 is 0.795. The number of piperazine rings is 1. The van der Waals surface area contributed by atoms with Crippen molar-refractivity contribution in [1.82, 2.24) is 15.1 Å². The number of likely N-dealkylation sites (N-methyl/N-ethyl adjacent to an activating group) is 1. The van der Waals surface area contributed by atoms with Crippen LogP contribution in [0.3, 0.4) is 0 Å². The lowest BCUT2D eigenvalue weighted by atomic mass is 10.2. The molecule has 1 aliphatic heterocycles. The molecule has 0 bridgehead atoms. The van der Waals surface area contributed by atoms with Gasteiger partial charge in [0.05, 0.1) is 10.9 Å². The van der Waals surface area contributed by atoms with Gasteiger partial charge in [-0.15, -0.1) is 11.3 Å². The lowest BCUT2D eigenvalue weighted by Gasteiger charge is -2.30. The molecule has 0 aromatic carbocycles. The van der Waals surface area contributed by atoms with Crippen molar-refractivity contribution in [2.24, 2.45) is 0 Å². The molecule has 4 nitrogen and oxygen atoms in total. The highest BCUT2D eigenvalue weighted by Crippen LogP contribution is 2.29. The Kier molecular flexibility index (Phi) is 5.21. The van der Waals surface area contributed by atoms with Gasteiger partial charge in [0, 0.05) is 37.1 Å². The molecule has 1 amide bonds. The molecule has 2 heterocycles. The van der Waals surface area contributed by atoms with Gasteiger partial charge in [-0.3, -0.25) is 9.69 Å². The molecule has 1 fully saturated rings. The topological polar surface area (TPSA) is 35.6 Å². The number of carbonyl (C=O) groups excluding carboxylic acids is 1. The van der Waals surface area contributed by atoms with Crippen molar-refractivity contribution < 1.29 is 4.79 Å². The van der Waals surface area contributed by atoms with E-state index in [1.54, 1.807) is 11.3 Å². The number of nitrogens with one attached hydrogen (secondary N) is 1. The number of thiophene rings is 1. The second-order valence-corrected chi connectivity index (χ2v) is 6.61. The van der Waals surface area contributed by atoms with Gasteiger partial charge in [-0.1, -0.05) is 11.6 Å². The molecule has 19 heavy (non-hydrogen) atoms. The third-order valence-corrected chi connectivity index (χ3v) is 4.92. The van der Waals surface area contributed by atoms with Crippen LogP contribution in [0.25, 0.3) is 0 Å².